The molecule has 0 amide bonds. The van der Waals surface area contributed by atoms with Gasteiger partial charge in [0.2, 0.25) is 0 Å². The van der Waals surface area contributed by atoms with Crippen molar-refractivity contribution in [3.8, 4) is 16.9 Å². The second kappa shape index (κ2) is 11.4. The number of unbranched alkanes of at least 4 members (excludes halogenated alkanes) is 3. The molecule has 1 unspecified atom stereocenters. The summed E-state index contributed by atoms with van der Waals surface area (Å²) in [7, 11) is 0. The highest BCUT2D eigenvalue weighted by atomic mass is 16.5. The molecule has 1 atom stereocenters. The molecule has 2 aromatic carbocycles. The third kappa shape index (κ3) is 7.09. The Hall–Kier alpha value is -2.29. The van der Waals surface area contributed by atoms with Crippen molar-refractivity contribution in [1.82, 2.24) is 0 Å². The fourth-order valence-corrected chi connectivity index (χ4v) is 2.88. The Kier molecular flexibility index (Phi) is 8.90. The number of carbonyl (C=O) groups excluding carboxylic acids is 1. The summed E-state index contributed by atoms with van der Waals surface area (Å²) in [5.41, 5.74) is 3.30. The van der Waals surface area contributed by atoms with Crippen LogP contribution in [0.3, 0.4) is 0 Å². The van der Waals surface area contributed by atoms with Crippen molar-refractivity contribution in [2.45, 2.75) is 65.4 Å². The Balaban J connectivity index is 1.91. The van der Waals surface area contributed by atoms with Crippen LogP contribution in [-0.2, 0) is 9.53 Å². The Morgan fingerprint density at radius 1 is 0.852 bits per heavy atom. The third-order valence-electron chi connectivity index (χ3n) is 4.63. The van der Waals surface area contributed by atoms with E-state index >= 15 is 0 Å². The van der Waals surface area contributed by atoms with Gasteiger partial charge in [-0.1, -0.05) is 69.5 Å². The van der Waals surface area contributed by atoms with Gasteiger partial charge in [0, 0.05) is 6.42 Å². The largest absolute Gasteiger partial charge is 0.494 e. The van der Waals surface area contributed by atoms with E-state index in [4.69, 9.17) is 9.47 Å². The molecule has 0 saturated heterocycles. The fourth-order valence-electron chi connectivity index (χ4n) is 2.88. The molecule has 27 heavy (non-hydrogen) atoms. The van der Waals surface area contributed by atoms with Gasteiger partial charge in [0.15, 0.2) is 0 Å². The summed E-state index contributed by atoms with van der Waals surface area (Å²) in [6.45, 7) is 6.96. The number of esters is 1. The lowest BCUT2D eigenvalue weighted by Crippen LogP contribution is -2.08. The van der Waals surface area contributed by atoms with E-state index in [1.165, 1.54) is 12.8 Å². The summed E-state index contributed by atoms with van der Waals surface area (Å²) in [5.74, 6) is 0.794. The number of rotatable bonds is 11. The molecular weight excluding hydrogens is 336 g/mol. The predicted molar refractivity (Wildman–Crippen MR) is 111 cm³/mol. The number of carbonyl (C=O) groups is 1. The molecule has 0 spiro atoms. The van der Waals surface area contributed by atoms with Gasteiger partial charge >= 0.3 is 5.97 Å². The molecule has 2 aromatic rings. The molecule has 0 aliphatic heterocycles. The maximum absolute atomic E-state index is 11.8. The van der Waals surface area contributed by atoms with E-state index in [1.807, 2.05) is 31.2 Å². The second-order valence-corrected chi connectivity index (χ2v) is 6.94. The summed E-state index contributed by atoms with van der Waals surface area (Å²) >= 11 is 0. The summed E-state index contributed by atoms with van der Waals surface area (Å²) in [6, 6.07) is 16.4. The van der Waals surface area contributed by atoms with Crippen molar-refractivity contribution in [3.05, 3.63) is 54.1 Å². The Labute approximate surface area is 163 Å². The summed E-state index contributed by atoms with van der Waals surface area (Å²) < 4.78 is 11.3. The van der Waals surface area contributed by atoms with E-state index < -0.39 is 0 Å². The van der Waals surface area contributed by atoms with Crippen LogP contribution in [0, 0.1) is 0 Å². The molecule has 0 saturated carbocycles. The highest BCUT2D eigenvalue weighted by Crippen LogP contribution is 2.25. The number of benzene rings is 2. The van der Waals surface area contributed by atoms with Gasteiger partial charge in [-0.15, -0.1) is 0 Å². The predicted octanol–water partition coefficient (Wildman–Crippen LogP) is 6.72. The highest BCUT2D eigenvalue weighted by molar-refractivity contribution is 5.69. The number of hydrogen-bond donors (Lipinski definition) is 0. The molecule has 3 heteroatoms. The van der Waals surface area contributed by atoms with Crippen LogP contribution in [0.25, 0.3) is 11.1 Å². The van der Waals surface area contributed by atoms with Crippen LogP contribution in [0.5, 0.6) is 5.75 Å². The van der Waals surface area contributed by atoms with Gasteiger partial charge in [-0.3, -0.25) is 4.79 Å². The summed E-state index contributed by atoms with van der Waals surface area (Å²) in [5, 5.41) is 0. The first-order chi connectivity index (χ1) is 13.1. The first kappa shape index (κ1) is 21.0. The number of ether oxygens (including phenoxy) is 2. The minimum absolute atomic E-state index is 0.122. The van der Waals surface area contributed by atoms with Crippen molar-refractivity contribution < 1.29 is 14.3 Å². The van der Waals surface area contributed by atoms with E-state index in [9.17, 15) is 4.79 Å². The Bertz CT molecular complexity index is 674. The summed E-state index contributed by atoms with van der Waals surface area (Å²) in [6.07, 6.45) is 5.66. The van der Waals surface area contributed by atoms with Crippen molar-refractivity contribution in [3.63, 3.8) is 0 Å². The van der Waals surface area contributed by atoms with Gasteiger partial charge in [0.25, 0.3) is 0 Å². The Morgan fingerprint density at radius 2 is 1.44 bits per heavy atom. The van der Waals surface area contributed by atoms with Crippen molar-refractivity contribution in [2.75, 3.05) is 6.61 Å². The average molecular weight is 369 g/mol. The molecule has 0 N–H and O–H groups in total. The van der Waals surface area contributed by atoms with Crippen LogP contribution in [0.4, 0.5) is 0 Å². The first-order valence-electron chi connectivity index (χ1n) is 10.2. The molecular formula is C24H32O3. The molecule has 0 heterocycles. The lowest BCUT2D eigenvalue weighted by atomic mass is 10.0. The lowest BCUT2D eigenvalue weighted by molar-refractivity contribution is -0.148. The third-order valence-corrected chi connectivity index (χ3v) is 4.63. The molecule has 0 aliphatic carbocycles. The zero-order chi connectivity index (χ0) is 19.5. The maximum Gasteiger partial charge on any atom is 0.306 e. The van der Waals surface area contributed by atoms with Crippen LogP contribution in [0.2, 0.25) is 0 Å². The van der Waals surface area contributed by atoms with E-state index in [0.29, 0.717) is 6.42 Å². The molecule has 2 rings (SSSR count). The van der Waals surface area contributed by atoms with Gasteiger partial charge in [0.1, 0.15) is 11.9 Å². The maximum atomic E-state index is 11.8. The smallest absolute Gasteiger partial charge is 0.306 e. The topological polar surface area (TPSA) is 35.5 Å². The number of hydrogen-bond acceptors (Lipinski definition) is 3. The van der Waals surface area contributed by atoms with Crippen LogP contribution < -0.4 is 4.74 Å². The normalized spacial score (nSPS) is 11.8. The first-order valence-corrected chi connectivity index (χ1v) is 10.2. The van der Waals surface area contributed by atoms with Crippen molar-refractivity contribution in [2.24, 2.45) is 0 Å². The summed E-state index contributed by atoms with van der Waals surface area (Å²) in [4.78, 5) is 11.8. The fraction of sp³-hybridized carbons (Fsp3) is 0.458. The highest BCUT2D eigenvalue weighted by Gasteiger charge is 2.11. The minimum Gasteiger partial charge on any atom is -0.494 e. The van der Waals surface area contributed by atoms with E-state index in [2.05, 4.69) is 38.1 Å². The molecule has 0 bridgehead atoms. The quantitative estimate of drug-likeness (QED) is 0.326. The van der Waals surface area contributed by atoms with Gasteiger partial charge in [-0.25, -0.2) is 0 Å². The van der Waals surface area contributed by atoms with Crippen molar-refractivity contribution in [1.29, 1.82) is 0 Å². The van der Waals surface area contributed by atoms with Gasteiger partial charge in [-0.2, -0.15) is 0 Å². The monoisotopic (exact) mass is 368 g/mol. The zero-order valence-corrected chi connectivity index (χ0v) is 16.9. The zero-order valence-electron chi connectivity index (χ0n) is 16.9. The van der Waals surface area contributed by atoms with Gasteiger partial charge in [-0.05, 0) is 48.6 Å². The molecule has 0 aromatic heterocycles. The van der Waals surface area contributed by atoms with Crippen molar-refractivity contribution >= 4 is 5.97 Å². The SMILES string of the molecule is CCCCCOc1ccc(-c2ccc(C(C)OC(=O)CCCC)cc2)cc1. The van der Waals surface area contributed by atoms with Gasteiger partial charge < -0.3 is 9.47 Å². The average Bonchev–Trinajstić information content (AvgIpc) is 2.70. The van der Waals surface area contributed by atoms with Crippen LogP contribution in [-0.4, -0.2) is 12.6 Å². The van der Waals surface area contributed by atoms with E-state index in [0.717, 1.165) is 48.3 Å². The standard InChI is InChI=1S/C24H32O3/c1-4-6-8-18-26-23-16-14-22(15-17-23)21-12-10-20(11-13-21)19(3)27-24(25)9-7-5-2/h10-17,19H,4-9,18H2,1-3H3. The molecule has 0 radical (unpaired) electrons. The molecule has 3 nitrogen and oxygen atoms in total. The van der Waals surface area contributed by atoms with E-state index in [1.54, 1.807) is 0 Å². The van der Waals surface area contributed by atoms with Crippen LogP contribution >= 0.6 is 0 Å². The second-order valence-electron chi connectivity index (χ2n) is 6.94. The van der Waals surface area contributed by atoms with Crippen LogP contribution in [0.15, 0.2) is 48.5 Å². The lowest BCUT2D eigenvalue weighted by Gasteiger charge is -2.14. The van der Waals surface area contributed by atoms with Gasteiger partial charge in [0.05, 0.1) is 6.61 Å². The molecule has 0 aliphatic rings. The Morgan fingerprint density at radius 3 is 2.04 bits per heavy atom. The molecule has 0 fully saturated rings. The van der Waals surface area contributed by atoms with E-state index in [-0.39, 0.29) is 12.1 Å². The molecule has 146 valence electrons. The van der Waals surface area contributed by atoms with Crippen LogP contribution in [0.1, 0.15) is 71.0 Å². The minimum atomic E-state index is -0.220.